The maximum atomic E-state index is 4.31. The van der Waals surface area contributed by atoms with Crippen molar-refractivity contribution in [2.45, 2.75) is 32.6 Å². The maximum absolute atomic E-state index is 4.31. The zero-order chi connectivity index (χ0) is 19.4. The predicted molar refractivity (Wildman–Crippen MR) is 118 cm³/mol. The highest BCUT2D eigenvalue weighted by Gasteiger charge is 2.05. The lowest BCUT2D eigenvalue weighted by Gasteiger charge is -2.10. The fourth-order valence-electron chi connectivity index (χ4n) is 2.82. The van der Waals surface area contributed by atoms with Gasteiger partial charge in [0.25, 0.3) is 0 Å². The van der Waals surface area contributed by atoms with E-state index in [9.17, 15) is 0 Å². The summed E-state index contributed by atoms with van der Waals surface area (Å²) in [6.07, 6.45) is 4.04. The average molecular weight is 376 g/mol. The molecule has 0 unspecified atom stereocenters. The molecule has 138 valence electrons. The van der Waals surface area contributed by atoms with E-state index in [1.54, 1.807) is 11.9 Å². The van der Waals surface area contributed by atoms with Gasteiger partial charge in [-0.15, -0.1) is 0 Å². The van der Waals surface area contributed by atoms with Crippen LogP contribution in [0.2, 0.25) is 0 Å². The molecule has 0 aliphatic rings. The standard InChI is InChI=1S/C23H25N3S/c1-15-7-6-8-21(13-15)27-26-20-10-11-22(17(3)14-20)16(2)9-12-23-18(4)19(5)24-25-23/h6-14,26H,2H2,1,3-5H3,(H,24,25)/b12-9-. The number of hydrogen-bond acceptors (Lipinski definition) is 3. The van der Waals surface area contributed by atoms with Gasteiger partial charge in [0.2, 0.25) is 0 Å². The quantitative estimate of drug-likeness (QED) is 0.382. The van der Waals surface area contributed by atoms with Crippen LogP contribution in [-0.2, 0) is 0 Å². The Morgan fingerprint density at radius 3 is 2.59 bits per heavy atom. The Balaban J connectivity index is 1.68. The minimum Gasteiger partial charge on any atom is -0.326 e. The second-order valence-corrected chi connectivity index (χ2v) is 7.65. The van der Waals surface area contributed by atoms with E-state index >= 15 is 0 Å². The van der Waals surface area contributed by atoms with Crippen LogP contribution < -0.4 is 4.72 Å². The van der Waals surface area contributed by atoms with Crippen molar-refractivity contribution in [1.29, 1.82) is 0 Å². The summed E-state index contributed by atoms with van der Waals surface area (Å²) in [6.45, 7) is 12.5. The summed E-state index contributed by atoms with van der Waals surface area (Å²) in [5, 5.41) is 7.32. The summed E-state index contributed by atoms with van der Waals surface area (Å²) in [5.74, 6) is 0. The summed E-state index contributed by atoms with van der Waals surface area (Å²) in [5.41, 5.74) is 8.87. The number of rotatable bonds is 6. The van der Waals surface area contributed by atoms with Crippen molar-refractivity contribution in [3.05, 3.63) is 88.8 Å². The van der Waals surface area contributed by atoms with E-state index in [-0.39, 0.29) is 0 Å². The molecule has 0 atom stereocenters. The van der Waals surface area contributed by atoms with Crippen LogP contribution in [0.3, 0.4) is 0 Å². The Hall–Kier alpha value is -2.72. The van der Waals surface area contributed by atoms with E-state index in [4.69, 9.17) is 0 Å². The summed E-state index contributed by atoms with van der Waals surface area (Å²) in [4.78, 5) is 1.20. The smallest absolute Gasteiger partial charge is 0.0880 e. The third-order valence-electron chi connectivity index (χ3n) is 4.58. The number of hydrogen-bond donors (Lipinski definition) is 2. The van der Waals surface area contributed by atoms with Crippen LogP contribution in [0.25, 0.3) is 11.6 Å². The Labute approximate surface area is 165 Å². The number of benzene rings is 2. The summed E-state index contributed by atoms with van der Waals surface area (Å²) < 4.78 is 3.42. The van der Waals surface area contributed by atoms with Crippen molar-refractivity contribution in [1.82, 2.24) is 10.2 Å². The van der Waals surface area contributed by atoms with E-state index in [2.05, 4.69) is 84.7 Å². The molecule has 4 heteroatoms. The molecule has 0 spiro atoms. The third kappa shape index (κ3) is 4.72. The molecule has 3 nitrogen and oxygen atoms in total. The minimum absolute atomic E-state index is 0.958. The van der Waals surface area contributed by atoms with Gasteiger partial charge >= 0.3 is 0 Å². The molecule has 0 aliphatic carbocycles. The normalized spacial score (nSPS) is 11.1. The van der Waals surface area contributed by atoms with Crippen molar-refractivity contribution in [3.63, 3.8) is 0 Å². The average Bonchev–Trinajstić information content (AvgIpc) is 2.96. The molecule has 2 aromatic carbocycles. The molecule has 3 rings (SSSR count). The highest BCUT2D eigenvalue weighted by Crippen LogP contribution is 2.26. The summed E-state index contributed by atoms with van der Waals surface area (Å²) >= 11 is 1.62. The SMILES string of the molecule is C=C(/C=C\c1n[nH]c(C)c1C)c1ccc(NSc2cccc(C)c2)cc1C. The second-order valence-electron chi connectivity index (χ2n) is 6.77. The van der Waals surface area contributed by atoms with E-state index < -0.39 is 0 Å². The van der Waals surface area contributed by atoms with Crippen LogP contribution >= 0.6 is 11.9 Å². The maximum Gasteiger partial charge on any atom is 0.0880 e. The Bertz CT molecular complexity index is 999. The molecular formula is C23H25N3S. The Morgan fingerprint density at radius 1 is 1.11 bits per heavy atom. The molecule has 3 aromatic rings. The molecule has 0 bridgehead atoms. The molecule has 2 N–H and O–H groups in total. The van der Waals surface area contributed by atoms with Gasteiger partial charge in [0.1, 0.15) is 0 Å². The lowest BCUT2D eigenvalue weighted by atomic mass is 10.0. The first-order chi connectivity index (χ1) is 12.9. The highest BCUT2D eigenvalue weighted by atomic mass is 32.2. The van der Waals surface area contributed by atoms with Crippen LogP contribution in [-0.4, -0.2) is 10.2 Å². The van der Waals surface area contributed by atoms with Gasteiger partial charge in [-0.2, -0.15) is 5.10 Å². The van der Waals surface area contributed by atoms with E-state index in [1.165, 1.54) is 21.6 Å². The summed E-state index contributed by atoms with van der Waals surface area (Å²) in [6, 6.07) is 14.8. The first-order valence-corrected chi connectivity index (χ1v) is 9.75. The van der Waals surface area contributed by atoms with Gasteiger partial charge < -0.3 is 4.72 Å². The van der Waals surface area contributed by atoms with Gasteiger partial charge in [0.05, 0.1) is 5.69 Å². The predicted octanol–water partition coefficient (Wildman–Crippen LogP) is 6.49. The number of allylic oxidation sites excluding steroid dienone is 2. The molecule has 0 amide bonds. The van der Waals surface area contributed by atoms with Crippen molar-refractivity contribution >= 4 is 29.3 Å². The van der Waals surface area contributed by atoms with E-state index in [0.29, 0.717) is 0 Å². The number of aryl methyl sites for hydroxylation is 3. The van der Waals surface area contributed by atoms with Gasteiger partial charge in [0, 0.05) is 16.3 Å². The van der Waals surface area contributed by atoms with E-state index in [1.807, 2.05) is 19.1 Å². The lowest BCUT2D eigenvalue weighted by Crippen LogP contribution is -1.91. The number of nitrogens with one attached hydrogen (secondary N) is 2. The number of anilines is 1. The molecule has 0 saturated carbocycles. The highest BCUT2D eigenvalue weighted by molar-refractivity contribution is 8.00. The monoisotopic (exact) mass is 375 g/mol. The second kappa shape index (κ2) is 8.31. The van der Waals surface area contributed by atoms with Crippen molar-refractivity contribution in [2.75, 3.05) is 4.72 Å². The Kier molecular flexibility index (Phi) is 5.87. The topological polar surface area (TPSA) is 40.7 Å². The first kappa shape index (κ1) is 19.1. The van der Waals surface area contributed by atoms with Crippen molar-refractivity contribution in [2.24, 2.45) is 0 Å². The zero-order valence-corrected chi connectivity index (χ0v) is 17.1. The van der Waals surface area contributed by atoms with Crippen LogP contribution in [0, 0.1) is 27.7 Å². The fourth-order valence-corrected chi connectivity index (χ4v) is 3.57. The molecule has 27 heavy (non-hydrogen) atoms. The van der Waals surface area contributed by atoms with Gasteiger partial charge in [0.15, 0.2) is 0 Å². The van der Waals surface area contributed by atoms with Crippen LogP contribution in [0.5, 0.6) is 0 Å². The van der Waals surface area contributed by atoms with Gasteiger partial charge in [-0.1, -0.05) is 30.9 Å². The lowest BCUT2D eigenvalue weighted by molar-refractivity contribution is 1.04. The molecule has 0 aliphatic heterocycles. The zero-order valence-electron chi connectivity index (χ0n) is 16.3. The summed E-state index contributed by atoms with van der Waals surface area (Å²) in [7, 11) is 0. The van der Waals surface area contributed by atoms with E-state index in [0.717, 1.165) is 28.2 Å². The molecule has 0 saturated heterocycles. The largest absolute Gasteiger partial charge is 0.326 e. The molecule has 0 radical (unpaired) electrons. The first-order valence-electron chi connectivity index (χ1n) is 8.93. The van der Waals surface area contributed by atoms with Crippen LogP contribution in [0.1, 0.15) is 33.6 Å². The van der Waals surface area contributed by atoms with Gasteiger partial charge in [-0.3, -0.25) is 5.10 Å². The minimum atomic E-state index is 0.958. The van der Waals surface area contributed by atoms with Gasteiger partial charge in [-0.25, -0.2) is 0 Å². The molecule has 1 aromatic heterocycles. The van der Waals surface area contributed by atoms with Gasteiger partial charge in [-0.05, 0) is 97.8 Å². The number of aromatic amines is 1. The molecular weight excluding hydrogens is 350 g/mol. The Morgan fingerprint density at radius 2 is 1.93 bits per heavy atom. The third-order valence-corrected chi connectivity index (χ3v) is 5.41. The van der Waals surface area contributed by atoms with Crippen LogP contribution in [0.15, 0.2) is 60.0 Å². The molecule has 0 fully saturated rings. The molecule has 1 heterocycles. The van der Waals surface area contributed by atoms with Crippen LogP contribution in [0.4, 0.5) is 5.69 Å². The number of nitrogens with zero attached hydrogens (tertiary/aromatic N) is 1. The fraction of sp³-hybridized carbons (Fsp3) is 0.174. The van der Waals surface area contributed by atoms with Crippen molar-refractivity contribution < 1.29 is 0 Å². The van der Waals surface area contributed by atoms with Crippen molar-refractivity contribution in [3.8, 4) is 0 Å². The number of aromatic nitrogens is 2. The number of H-pyrrole nitrogens is 1.